The second-order valence-electron chi connectivity index (χ2n) is 3.98. The van der Waals surface area contributed by atoms with E-state index in [0.29, 0.717) is 12.4 Å². The van der Waals surface area contributed by atoms with Crippen molar-refractivity contribution in [3.05, 3.63) is 48.5 Å². The molecule has 0 saturated carbocycles. The van der Waals surface area contributed by atoms with Gasteiger partial charge in [0.2, 0.25) is 0 Å². The molecule has 0 atom stereocenters. The van der Waals surface area contributed by atoms with Gasteiger partial charge in [0.25, 0.3) is 0 Å². The van der Waals surface area contributed by atoms with Crippen LogP contribution < -0.4 is 0 Å². The Morgan fingerprint density at radius 1 is 1.26 bits per heavy atom. The summed E-state index contributed by atoms with van der Waals surface area (Å²) < 4.78 is 3.79. The fourth-order valence-electron chi connectivity index (χ4n) is 1.84. The Kier molecular flexibility index (Phi) is 3.16. The van der Waals surface area contributed by atoms with Crippen LogP contribution in [0.5, 0.6) is 0 Å². The summed E-state index contributed by atoms with van der Waals surface area (Å²) in [7, 11) is 0. The maximum Gasteiger partial charge on any atom is 0.173 e. The molecule has 3 aromatic heterocycles. The van der Waals surface area contributed by atoms with E-state index in [-0.39, 0.29) is 0 Å². The van der Waals surface area contributed by atoms with E-state index < -0.39 is 0 Å². The lowest BCUT2D eigenvalue weighted by molar-refractivity contribution is 0.677. The summed E-state index contributed by atoms with van der Waals surface area (Å²) in [6.45, 7) is 0.620. The van der Waals surface area contributed by atoms with Crippen LogP contribution in [0.4, 0.5) is 5.82 Å². The molecule has 19 heavy (non-hydrogen) atoms. The second-order valence-corrected chi connectivity index (χ2v) is 4.26. The fourth-order valence-corrected chi connectivity index (χ4v) is 1.90. The number of fused-ring (bicyclic) bond motifs is 1. The Bertz CT molecular complexity index is 707. The minimum atomic E-state index is 0.620. The topological polar surface area (TPSA) is 47.5 Å². The van der Waals surface area contributed by atoms with Crippen LogP contribution >= 0.6 is 12.2 Å². The molecule has 0 unspecified atom stereocenters. The number of nitrogens with zero attached hydrogens (tertiary/aromatic N) is 5. The molecule has 3 aromatic rings. The lowest BCUT2D eigenvalue weighted by atomic mass is 10.5. The van der Waals surface area contributed by atoms with E-state index in [2.05, 4.69) is 27.3 Å². The highest BCUT2D eigenvalue weighted by Crippen LogP contribution is 2.09. The Morgan fingerprint density at radius 3 is 3.05 bits per heavy atom. The van der Waals surface area contributed by atoms with Gasteiger partial charge in [0, 0.05) is 36.2 Å². The van der Waals surface area contributed by atoms with Gasteiger partial charge in [0.15, 0.2) is 5.82 Å². The Hall–Kier alpha value is -2.34. The number of hydrogen-bond donors (Lipinski definition) is 0. The third-order valence-electron chi connectivity index (χ3n) is 2.63. The molecule has 0 fully saturated rings. The molecule has 5 nitrogen and oxygen atoms in total. The van der Waals surface area contributed by atoms with E-state index in [4.69, 9.17) is 0 Å². The maximum atomic E-state index is 4.68. The summed E-state index contributed by atoms with van der Waals surface area (Å²) in [5, 5.41) is 5.78. The average Bonchev–Trinajstić information content (AvgIpc) is 3.02. The van der Waals surface area contributed by atoms with Gasteiger partial charge in [-0.25, -0.2) is 9.98 Å². The van der Waals surface area contributed by atoms with Gasteiger partial charge < -0.3 is 4.40 Å². The van der Waals surface area contributed by atoms with Crippen molar-refractivity contribution >= 4 is 35.3 Å². The fraction of sp³-hybridized carbons (Fsp3) is 0.0769. The molecule has 3 heterocycles. The lowest BCUT2D eigenvalue weighted by Crippen LogP contribution is -1.99. The van der Waals surface area contributed by atoms with Gasteiger partial charge >= 0.3 is 0 Å². The molecule has 6 heteroatoms. The van der Waals surface area contributed by atoms with E-state index in [1.54, 1.807) is 10.9 Å². The zero-order valence-electron chi connectivity index (χ0n) is 10.0. The molecule has 0 N–H and O–H groups in total. The number of thiocarbonyl (C=S) groups is 1. The van der Waals surface area contributed by atoms with Gasteiger partial charge in [-0.15, -0.1) is 0 Å². The summed E-state index contributed by atoms with van der Waals surface area (Å²) in [6, 6.07) is 7.76. The average molecular weight is 269 g/mol. The van der Waals surface area contributed by atoms with E-state index >= 15 is 0 Å². The molecule has 0 bridgehead atoms. The Morgan fingerprint density at radius 2 is 2.21 bits per heavy atom. The lowest BCUT2D eigenvalue weighted by Gasteiger charge is -1.95. The van der Waals surface area contributed by atoms with Crippen molar-refractivity contribution in [3.8, 4) is 0 Å². The van der Waals surface area contributed by atoms with E-state index in [0.717, 1.165) is 11.3 Å². The van der Waals surface area contributed by atoms with Gasteiger partial charge in [0.1, 0.15) is 5.65 Å². The largest absolute Gasteiger partial charge is 0.307 e. The SMILES string of the molecule is S=CC=Nc1ccn(Cc2cn3ccccc3n2)n1. The van der Waals surface area contributed by atoms with Crippen LogP contribution in [-0.2, 0) is 6.54 Å². The first-order chi connectivity index (χ1) is 9.35. The normalized spacial score (nSPS) is 11.4. The highest BCUT2D eigenvalue weighted by atomic mass is 32.1. The number of pyridine rings is 1. The number of imidazole rings is 1. The predicted octanol–water partition coefficient (Wildman–Crippen LogP) is 2.28. The molecule has 0 aromatic carbocycles. The number of aromatic nitrogens is 4. The Balaban J connectivity index is 1.82. The molecule has 0 aliphatic heterocycles. The zero-order chi connectivity index (χ0) is 13.1. The molecule has 0 aliphatic carbocycles. The molecule has 0 aliphatic rings. The van der Waals surface area contributed by atoms with Crippen LogP contribution in [0.1, 0.15) is 5.69 Å². The van der Waals surface area contributed by atoms with Gasteiger partial charge in [-0.2, -0.15) is 5.10 Å². The van der Waals surface area contributed by atoms with Crippen molar-refractivity contribution in [3.63, 3.8) is 0 Å². The second kappa shape index (κ2) is 5.11. The maximum absolute atomic E-state index is 4.68. The molecule has 0 amide bonds. The highest BCUT2D eigenvalue weighted by molar-refractivity contribution is 7.80. The van der Waals surface area contributed by atoms with Crippen molar-refractivity contribution < 1.29 is 0 Å². The van der Waals surface area contributed by atoms with E-state index in [9.17, 15) is 0 Å². The summed E-state index contributed by atoms with van der Waals surface area (Å²) in [5.41, 5.74) is 1.89. The van der Waals surface area contributed by atoms with Crippen LogP contribution in [0.25, 0.3) is 5.65 Å². The van der Waals surface area contributed by atoms with Crippen LogP contribution in [0.15, 0.2) is 47.8 Å². The number of hydrogen-bond acceptors (Lipinski definition) is 4. The first-order valence-electron chi connectivity index (χ1n) is 5.79. The van der Waals surface area contributed by atoms with Crippen molar-refractivity contribution in [2.45, 2.75) is 6.54 Å². The summed E-state index contributed by atoms with van der Waals surface area (Å²) in [6.07, 6.45) is 7.40. The van der Waals surface area contributed by atoms with Gasteiger partial charge in [-0.3, -0.25) is 4.68 Å². The predicted molar refractivity (Wildman–Crippen MR) is 78.3 cm³/mol. The monoisotopic (exact) mass is 269 g/mol. The van der Waals surface area contributed by atoms with Crippen molar-refractivity contribution in [2.75, 3.05) is 0 Å². The van der Waals surface area contributed by atoms with Crippen LogP contribution in [0.2, 0.25) is 0 Å². The highest BCUT2D eigenvalue weighted by Gasteiger charge is 2.03. The van der Waals surface area contributed by atoms with E-state index in [1.807, 2.05) is 47.3 Å². The standard InChI is InChI=1S/C13H11N5S/c19-8-5-14-12-4-7-18(16-12)10-11-9-17-6-2-1-3-13(17)15-11/h1-9H,10H2. The van der Waals surface area contributed by atoms with Gasteiger partial charge in [-0.1, -0.05) is 18.3 Å². The summed E-state index contributed by atoms with van der Waals surface area (Å²) >= 11 is 4.68. The van der Waals surface area contributed by atoms with Crippen LogP contribution in [-0.4, -0.2) is 30.7 Å². The molecular weight excluding hydrogens is 258 g/mol. The van der Waals surface area contributed by atoms with Crippen LogP contribution in [0, 0.1) is 0 Å². The molecule has 3 rings (SSSR count). The first-order valence-corrected chi connectivity index (χ1v) is 6.26. The zero-order valence-corrected chi connectivity index (χ0v) is 10.9. The third kappa shape index (κ3) is 2.58. The smallest absolute Gasteiger partial charge is 0.173 e. The summed E-state index contributed by atoms with van der Waals surface area (Å²) in [5.74, 6) is 0.643. The van der Waals surface area contributed by atoms with Gasteiger partial charge in [-0.05, 0) is 12.1 Å². The number of rotatable bonds is 4. The molecular formula is C13H11N5S. The van der Waals surface area contributed by atoms with Crippen molar-refractivity contribution in [2.24, 2.45) is 4.99 Å². The third-order valence-corrected chi connectivity index (χ3v) is 2.75. The minimum Gasteiger partial charge on any atom is -0.307 e. The molecule has 0 saturated heterocycles. The quantitative estimate of drug-likeness (QED) is 0.539. The van der Waals surface area contributed by atoms with Crippen LogP contribution in [0.3, 0.4) is 0 Å². The van der Waals surface area contributed by atoms with Crippen molar-refractivity contribution in [1.29, 1.82) is 0 Å². The van der Waals surface area contributed by atoms with E-state index in [1.165, 1.54) is 5.37 Å². The molecule has 0 radical (unpaired) electrons. The minimum absolute atomic E-state index is 0.620. The van der Waals surface area contributed by atoms with Gasteiger partial charge in [0.05, 0.1) is 12.2 Å². The molecule has 94 valence electrons. The molecule has 0 spiro atoms. The number of aliphatic imine (C=N–C) groups is 1. The Labute approximate surface area is 115 Å². The summed E-state index contributed by atoms with van der Waals surface area (Å²) in [4.78, 5) is 8.61. The first kappa shape index (κ1) is 11.7. The van der Waals surface area contributed by atoms with Crippen molar-refractivity contribution in [1.82, 2.24) is 19.2 Å².